The van der Waals surface area contributed by atoms with Crippen molar-refractivity contribution in [1.29, 1.82) is 0 Å². The summed E-state index contributed by atoms with van der Waals surface area (Å²) in [7, 11) is 0. The van der Waals surface area contributed by atoms with Crippen molar-refractivity contribution in [3.8, 4) is 0 Å². The van der Waals surface area contributed by atoms with E-state index in [4.69, 9.17) is 23.2 Å². The summed E-state index contributed by atoms with van der Waals surface area (Å²) in [4.78, 5) is 43.7. The van der Waals surface area contributed by atoms with Gasteiger partial charge in [-0.15, -0.1) is 0 Å². The zero-order chi connectivity index (χ0) is 24.2. The quantitative estimate of drug-likeness (QED) is 0.494. The van der Waals surface area contributed by atoms with Crippen LogP contribution in [0.4, 0.5) is 5.69 Å². The van der Waals surface area contributed by atoms with Gasteiger partial charge < -0.3 is 9.80 Å². The van der Waals surface area contributed by atoms with Gasteiger partial charge in [0, 0.05) is 17.3 Å². The maximum Gasteiger partial charge on any atom is 0.256 e. The Morgan fingerprint density at radius 3 is 2.32 bits per heavy atom. The van der Waals surface area contributed by atoms with Crippen molar-refractivity contribution in [1.82, 2.24) is 9.80 Å². The molecule has 0 spiro atoms. The van der Waals surface area contributed by atoms with Crippen molar-refractivity contribution in [3.63, 3.8) is 0 Å². The van der Waals surface area contributed by atoms with Crippen LogP contribution in [0.5, 0.6) is 0 Å². The Morgan fingerprint density at radius 1 is 0.912 bits per heavy atom. The minimum Gasteiger partial charge on any atom is -0.325 e. The van der Waals surface area contributed by atoms with Crippen molar-refractivity contribution in [2.45, 2.75) is 13.5 Å². The van der Waals surface area contributed by atoms with E-state index in [2.05, 4.69) is 0 Å². The van der Waals surface area contributed by atoms with E-state index in [1.54, 1.807) is 42.5 Å². The smallest absolute Gasteiger partial charge is 0.256 e. The maximum absolute atomic E-state index is 13.3. The Hall–Kier alpha value is -3.35. The molecule has 0 atom stereocenters. The lowest BCUT2D eigenvalue weighted by Gasteiger charge is -2.26. The summed E-state index contributed by atoms with van der Waals surface area (Å²) in [5.74, 6) is -0.881. The Labute approximate surface area is 208 Å². The molecule has 6 nitrogen and oxygen atoms in total. The molecule has 1 saturated heterocycles. The monoisotopic (exact) mass is 495 g/mol. The first kappa shape index (κ1) is 23.8. The third-order valence-corrected chi connectivity index (χ3v) is 6.49. The molecule has 8 heteroatoms. The van der Waals surface area contributed by atoms with E-state index in [9.17, 15) is 14.4 Å². The predicted molar refractivity (Wildman–Crippen MR) is 133 cm³/mol. The summed E-state index contributed by atoms with van der Waals surface area (Å²) >= 11 is 12.5. The number of anilines is 1. The van der Waals surface area contributed by atoms with Gasteiger partial charge in [0.15, 0.2) is 0 Å². The Morgan fingerprint density at radius 2 is 1.59 bits per heavy atom. The number of hydrogen-bond donors (Lipinski definition) is 0. The van der Waals surface area contributed by atoms with Gasteiger partial charge in [0.05, 0.1) is 10.6 Å². The molecule has 0 aliphatic carbocycles. The number of carbonyl (C=O) groups excluding carboxylic acids is 3. The lowest BCUT2D eigenvalue weighted by Crippen LogP contribution is -2.42. The highest BCUT2D eigenvalue weighted by atomic mass is 35.5. The molecular weight excluding hydrogens is 473 g/mol. The average Bonchev–Trinajstić information content (AvgIpc) is 3.22. The van der Waals surface area contributed by atoms with E-state index in [-0.39, 0.29) is 44.0 Å². The Bertz CT molecular complexity index is 1230. The average molecular weight is 496 g/mol. The van der Waals surface area contributed by atoms with E-state index in [1.165, 1.54) is 14.7 Å². The summed E-state index contributed by atoms with van der Waals surface area (Å²) in [5.41, 5.74) is 2.64. The minimum absolute atomic E-state index is 0.0652. The largest absolute Gasteiger partial charge is 0.325 e. The minimum atomic E-state index is -0.351. The van der Waals surface area contributed by atoms with E-state index in [1.807, 2.05) is 37.3 Å². The fourth-order valence-corrected chi connectivity index (χ4v) is 4.27. The second kappa shape index (κ2) is 10.3. The van der Waals surface area contributed by atoms with Gasteiger partial charge in [-0.05, 0) is 42.3 Å². The Balaban J connectivity index is 1.54. The molecule has 0 radical (unpaired) electrons. The van der Waals surface area contributed by atoms with Crippen LogP contribution in [0.1, 0.15) is 21.5 Å². The zero-order valence-electron chi connectivity index (χ0n) is 18.6. The summed E-state index contributed by atoms with van der Waals surface area (Å²) < 4.78 is 0. The highest BCUT2D eigenvalue weighted by Crippen LogP contribution is 2.29. The van der Waals surface area contributed by atoms with Gasteiger partial charge in [-0.2, -0.15) is 0 Å². The van der Waals surface area contributed by atoms with Crippen LogP contribution in [0.3, 0.4) is 0 Å². The van der Waals surface area contributed by atoms with Crippen molar-refractivity contribution in [3.05, 3.63) is 99.5 Å². The summed E-state index contributed by atoms with van der Waals surface area (Å²) in [6.45, 7) is 1.91. The number of carbonyl (C=O) groups is 3. The fraction of sp³-hybridized carbons (Fsp3) is 0.192. The zero-order valence-corrected chi connectivity index (χ0v) is 20.1. The van der Waals surface area contributed by atoms with Gasteiger partial charge in [0.2, 0.25) is 11.8 Å². The molecule has 1 aliphatic rings. The third kappa shape index (κ3) is 5.08. The van der Waals surface area contributed by atoms with Gasteiger partial charge in [-0.25, -0.2) is 0 Å². The second-order valence-electron chi connectivity index (χ2n) is 8.07. The number of amides is 3. The van der Waals surface area contributed by atoms with Gasteiger partial charge in [-0.3, -0.25) is 19.3 Å². The van der Waals surface area contributed by atoms with Crippen molar-refractivity contribution < 1.29 is 14.4 Å². The first-order chi connectivity index (χ1) is 16.3. The maximum atomic E-state index is 13.3. The van der Waals surface area contributed by atoms with Gasteiger partial charge >= 0.3 is 0 Å². The lowest BCUT2D eigenvalue weighted by molar-refractivity contribution is -0.132. The van der Waals surface area contributed by atoms with Crippen LogP contribution >= 0.6 is 23.2 Å². The molecule has 0 saturated carbocycles. The number of halogens is 2. The van der Waals surface area contributed by atoms with Crippen LogP contribution in [-0.2, 0) is 16.1 Å². The molecule has 1 aliphatic heterocycles. The predicted octanol–water partition coefficient (Wildman–Crippen LogP) is 4.78. The molecule has 1 heterocycles. The number of rotatable bonds is 6. The molecular formula is C26H23Cl2N3O3. The fourth-order valence-electron chi connectivity index (χ4n) is 3.89. The van der Waals surface area contributed by atoms with E-state index < -0.39 is 0 Å². The molecule has 1 fully saturated rings. The highest BCUT2D eigenvalue weighted by molar-refractivity contribution is 6.33. The molecule has 174 valence electrons. The van der Waals surface area contributed by atoms with Crippen LogP contribution < -0.4 is 4.90 Å². The van der Waals surface area contributed by atoms with Crippen molar-refractivity contribution in [2.24, 2.45) is 0 Å². The van der Waals surface area contributed by atoms with Crippen LogP contribution in [0.15, 0.2) is 72.8 Å². The van der Waals surface area contributed by atoms with Crippen LogP contribution in [0.2, 0.25) is 10.0 Å². The first-order valence-corrected chi connectivity index (χ1v) is 11.5. The van der Waals surface area contributed by atoms with Crippen LogP contribution in [0.25, 0.3) is 0 Å². The molecule has 0 unspecified atom stereocenters. The lowest BCUT2D eigenvalue weighted by atomic mass is 10.1. The van der Waals surface area contributed by atoms with E-state index in [0.29, 0.717) is 21.3 Å². The topological polar surface area (TPSA) is 60.9 Å². The molecule has 0 bridgehead atoms. The summed E-state index contributed by atoms with van der Waals surface area (Å²) in [6.07, 6.45) is 0. The first-order valence-electron chi connectivity index (χ1n) is 10.8. The second-order valence-corrected chi connectivity index (χ2v) is 8.88. The van der Waals surface area contributed by atoms with E-state index >= 15 is 0 Å². The summed E-state index contributed by atoms with van der Waals surface area (Å²) in [6, 6.07) is 21.5. The standard InChI is InChI=1S/C26H23Cl2N3O3/c1-18-21(27)12-7-13-23(18)31-17-30(16-25(31)33)24(32)15-29(14-19-8-3-2-4-9-19)26(34)20-10-5-6-11-22(20)28/h2-13H,14-17H2,1H3. The molecule has 0 N–H and O–H groups in total. The molecule has 0 aromatic heterocycles. The molecule has 3 aromatic carbocycles. The van der Waals surface area contributed by atoms with Crippen LogP contribution in [-0.4, -0.2) is 47.3 Å². The molecule has 4 rings (SSSR count). The number of nitrogens with zero attached hydrogens (tertiary/aromatic N) is 3. The number of benzene rings is 3. The Kier molecular flexibility index (Phi) is 7.20. The molecule has 3 amide bonds. The van der Waals surface area contributed by atoms with Crippen molar-refractivity contribution >= 4 is 46.6 Å². The van der Waals surface area contributed by atoms with Gasteiger partial charge in [0.1, 0.15) is 19.8 Å². The summed E-state index contributed by atoms with van der Waals surface area (Å²) in [5, 5.41) is 0.867. The normalized spacial score (nSPS) is 13.3. The molecule has 3 aromatic rings. The SMILES string of the molecule is Cc1c(Cl)cccc1N1CN(C(=O)CN(Cc2ccccc2)C(=O)c2ccccc2Cl)CC1=O. The van der Waals surface area contributed by atoms with Gasteiger partial charge in [0.25, 0.3) is 5.91 Å². The highest BCUT2D eigenvalue weighted by Gasteiger charge is 2.34. The van der Waals surface area contributed by atoms with Crippen molar-refractivity contribution in [2.75, 3.05) is 24.7 Å². The number of hydrogen-bond acceptors (Lipinski definition) is 3. The van der Waals surface area contributed by atoms with Gasteiger partial charge in [-0.1, -0.05) is 71.7 Å². The van der Waals surface area contributed by atoms with E-state index in [0.717, 1.165) is 11.1 Å². The molecule has 34 heavy (non-hydrogen) atoms. The third-order valence-electron chi connectivity index (χ3n) is 5.76. The van der Waals surface area contributed by atoms with Crippen LogP contribution in [0, 0.1) is 6.92 Å².